The molecule has 1 aromatic heterocycles. The molecule has 102 valence electrons. The van der Waals surface area contributed by atoms with E-state index in [0.717, 1.165) is 41.3 Å². The first kappa shape index (κ1) is 13.6. The lowest BCUT2D eigenvalue weighted by atomic mass is 10.1. The molecule has 0 spiro atoms. The number of aromatic nitrogens is 2. The second kappa shape index (κ2) is 6.36. The highest BCUT2D eigenvalue weighted by Crippen LogP contribution is 2.21. The Morgan fingerprint density at radius 1 is 1.21 bits per heavy atom. The van der Waals surface area contributed by atoms with Crippen molar-refractivity contribution in [3.8, 4) is 0 Å². The summed E-state index contributed by atoms with van der Waals surface area (Å²) < 4.78 is 0. The first-order valence-corrected chi connectivity index (χ1v) is 6.91. The van der Waals surface area contributed by atoms with Gasteiger partial charge in [-0.15, -0.1) is 0 Å². The predicted octanol–water partition coefficient (Wildman–Crippen LogP) is 3.45. The molecule has 0 unspecified atom stereocenters. The van der Waals surface area contributed by atoms with Crippen LogP contribution in [0.25, 0.3) is 10.9 Å². The van der Waals surface area contributed by atoms with Gasteiger partial charge in [-0.1, -0.05) is 26.7 Å². The summed E-state index contributed by atoms with van der Waals surface area (Å²) in [5.74, 6) is 1.65. The zero-order chi connectivity index (χ0) is 13.7. The van der Waals surface area contributed by atoms with E-state index in [2.05, 4.69) is 29.1 Å². The molecule has 0 saturated heterocycles. The van der Waals surface area contributed by atoms with Crippen LogP contribution in [0, 0.1) is 5.92 Å². The Kier molecular flexibility index (Phi) is 4.55. The van der Waals surface area contributed by atoms with E-state index in [-0.39, 0.29) is 0 Å². The van der Waals surface area contributed by atoms with Crippen LogP contribution in [0.3, 0.4) is 0 Å². The van der Waals surface area contributed by atoms with Crippen molar-refractivity contribution in [2.75, 3.05) is 17.6 Å². The van der Waals surface area contributed by atoms with Gasteiger partial charge in [-0.05, 0) is 30.5 Å². The van der Waals surface area contributed by atoms with Crippen LogP contribution >= 0.6 is 0 Å². The van der Waals surface area contributed by atoms with Crippen LogP contribution in [-0.4, -0.2) is 16.5 Å². The number of anilines is 2. The fourth-order valence-electron chi connectivity index (χ4n) is 2.10. The van der Waals surface area contributed by atoms with E-state index in [1.54, 1.807) is 6.33 Å². The third-order valence-corrected chi connectivity index (χ3v) is 3.16. The minimum absolute atomic E-state index is 0.741. The lowest BCUT2D eigenvalue weighted by molar-refractivity contribution is 0.544. The Bertz CT molecular complexity index is 537. The van der Waals surface area contributed by atoms with E-state index in [9.17, 15) is 0 Å². The molecule has 0 bridgehead atoms. The summed E-state index contributed by atoms with van der Waals surface area (Å²) in [6, 6.07) is 5.71. The fourth-order valence-corrected chi connectivity index (χ4v) is 2.10. The minimum atomic E-state index is 0.741. The molecule has 19 heavy (non-hydrogen) atoms. The van der Waals surface area contributed by atoms with Gasteiger partial charge in [-0.3, -0.25) is 0 Å². The third kappa shape index (κ3) is 3.81. The number of unbranched alkanes of at least 4 members (excludes halogenated alkanes) is 1. The molecular formula is C15H22N4. The van der Waals surface area contributed by atoms with Crippen molar-refractivity contribution in [2.45, 2.75) is 33.1 Å². The van der Waals surface area contributed by atoms with Crippen molar-refractivity contribution >= 4 is 22.4 Å². The SMILES string of the molecule is CC(C)CCCCNc1ncnc2ccc(N)cc12. The number of nitrogen functional groups attached to an aromatic ring is 1. The molecule has 1 heterocycles. The van der Waals surface area contributed by atoms with E-state index in [1.807, 2.05) is 18.2 Å². The molecule has 0 saturated carbocycles. The maximum absolute atomic E-state index is 5.82. The van der Waals surface area contributed by atoms with Gasteiger partial charge in [0.2, 0.25) is 0 Å². The van der Waals surface area contributed by atoms with Crippen molar-refractivity contribution in [3.63, 3.8) is 0 Å². The maximum atomic E-state index is 5.82. The number of nitrogens with one attached hydrogen (secondary N) is 1. The van der Waals surface area contributed by atoms with Crippen LogP contribution in [0.1, 0.15) is 33.1 Å². The van der Waals surface area contributed by atoms with Crippen LogP contribution in [0.15, 0.2) is 24.5 Å². The highest BCUT2D eigenvalue weighted by atomic mass is 15.0. The Balaban J connectivity index is 1.98. The molecule has 0 aliphatic heterocycles. The average molecular weight is 258 g/mol. The van der Waals surface area contributed by atoms with Gasteiger partial charge in [0.1, 0.15) is 12.1 Å². The lowest BCUT2D eigenvalue weighted by Gasteiger charge is -2.09. The molecule has 4 heteroatoms. The van der Waals surface area contributed by atoms with Gasteiger partial charge in [-0.25, -0.2) is 9.97 Å². The van der Waals surface area contributed by atoms with Gasteiger partial charge in [0.05, 0.1) is 5.52 Å². The Hall–Kier alpha value is -1.84. The van der Waals surface area contributed by atoms with Gasteiger partial charge in [-0.2, -0.15) is 0 Å². The maximum Gasteiger partial charge on any atom is 0.137 e. The van der Waals surface area contributed by atoms with E-state index < -0.39 is 0 Å². The van der Waals surface area contributed by atoms with Gasteiger partial charge in [0, 0.05) is 17.6 Å². The van der Waals surface area contributed by atoms with Crippen molar-refractivity contribution < 1.29 is 0 Å². The molecule has 0 radical (unpaired) electrons. The Labute approximate surface area is 114 Å². The summed E-state index contributed by atoms with van der Waals surface area (Å²) in [4.78, 5) is 8.55. The molecule has 0 aliphatic rings. The summed E-state index contributed by atoms with van der Waals surface area (Å²) in [5.41, 5.74) is 7.48. The van der Waals surface area contributed by atoms with E-state index >= 15 is 0 Å². The van der Waals surface area contributed by atoms with Gasteiger partial charge < -0.3 is 11.1 Å². The van der Waals surface area contributed by atoms with E-state index in [4.69, 9.17) is 5.73 Å². The number of hydrogen-bond acceptors (Lipinski definition) is 4. The number of hydrogen-bond donors (Lipinski definition) is 2. The molecule has 0 aliphatic carbocycles. The van der Waals surface area contributed by atoms with Crippen LogP contribution in [0.4, 0.5) is 11.5 Å². The number of rotatable bonds is 6. The average Bonchev–Trinajstić information content (AvgIpc) is 2.38. The summed E-state index contributed by atoms with van der Waals surface area (Å²) in [6.45, 7) is 5.45. The van der Waals surface area contributed by atoms with Crippen LogP contribution in [0.5, 0.6) is 0 Å². The molecular weight excluding hydrogens is 236 g/mol. The molecule has 3 N–H and O–H groups in total. The van der Waals surface area contributed by atoms with Crippen LogP contribution in [0.2, 0.25) is 0 Å². The zero-order valence-corrected chi connectivity index (χ0v) is 11.7. The molecule has 0 atom stereocenters. The molecule has 1 aromatic carbocycles. The van der Waals surface area contributed by atoms with Gasteiger partial charge in [0.15, 0.2) is 0 Å². The number of benzene rings is 1. The van der Waals surface area contributed by atoms with E-state index in [1.165, 1.54) is 12.8 Å². The molecule has 0 fully saturated rings. The lowest BCUT2D eigenvalue weighted by Crippen LogP contribution is -2.05. The quantitative estimate of drug-likeness (QED) is 0.615. The number of nitrogens with two attached hydrogens (primary N) is 1. The fraction of sp³-hybridized carbons (Fsp3) is 0.467. The number of fused-ring (bicyclic) bond motifs is 1. The normalized spacial score (nSPS) is 11.1. The van der Waals surface area contributed by atoms with E-state index in [0.29, 0.717) is 0 Å². The van der Waals surface area contributed by atoms with Crippen molar-refractivity contribution in [3.05, 3.63) is 24.5 Å². The largest absolute Gasteiger partial charge is 0.399 e. The first-order valence-electron chi connectivity index (χ1n) is 6.91. The second-order valence-electron chi connectivity index (χ2n) is 5.32. The van der Waals surface area contributed by atoms with Crippen LogP contribution < -0.4 is 11.1 Å². The Morgan fingerprint density at radius 3 is 2.84 bits per heavy atom. The summed E-state index contributed by atoms with van der Waals surface area (Å²) in [6.07, 6.45) is 5.27. The molecule has 2 rings (SSSR count). The molecule has 2 aromatic rings. The van der Waals surface area contributed by atoms with Gasteiger partial charge >= 0.3 is 0 Å². The third-order valence-electron chi connectivity index (χ3n) is 3.16. The van der Waals surface area contributed by atoms with Crippen LogP contribution in [-0.2, 0) is 0 Å². The first-order chi connectivity index (χ1) is 9.16. The second-order valence-corrected chi connectivity index (χ2v) is 5.32. The molecule has 4 nitrogen and oxygen atoms in total. The summed E-state index contributed by atoms with van der Waals surface area (Å²) in [5, 5.41) is 4.37. The van der Waals surface area contributed by atoms with Gasteiger partial charge in [0.25, 0.3) is 0 Å². The molecule has 0 amide bonds. The van der Waals surface area contributed by atoms with Crippen molar-refractivity contribution in [1.29, 1.82) is 0 Å². The zero-order valence-electron chi connectivity index (χ0n) is 11.7. The highest BCUT2D eigenvalue weighted by molar-refractivity contribution is 5.91. The topological polar surface area (TPSA) is 63.8 Å². The standard InChI is InChI=1S/C15H22N4/c1-11(2)5-3-4-8-17-15-13-9-12(16)6-7-14(13)18-10-19-15/h6-7,9-11H,3-5,8,16H2,1-2H3,(H,17,18,19). The van der Waals surface area contributed by atoms with Crippen molar-refractivity contribution in [2.24, 2.45) is 5.92 Å². The highest BCUT2D eigenvalue weighted by Gasteiger charge is 2.03. The van der Waals surface area contributed by atoms with Crippen molar-refractivity contribution in [1.82, 2.24) is 9.97 Å². The summed E-state index contributed by atoms with van der Waals surface area (Å²) in [7, 11) is 0. The predicted molar refractivity (Wildman–Crippen MR) is 81.1 cm³/mol. The number of nitrogens with zero attached hydrogens (tertiary/aromatic N) is 2. The monoisotopic (exact) mass is 258 g/mol. The minimum Gasteiger partial charge on any atom is -0.399 e. The summed E-state index contributed by atoms with van der Waals surface area (Å²) >= 11 is 0. The Morgan fingerprint density at radius 2 is 2.05 bits per heavy atom. The smallest absolute Gasteiger partial charge is 0.137 e.